The monoisotopic (exact) mass is 574 g/mol. The molecule has 10 nitrogen and oxygen atoms in total. The number of ether oxygens (including phenoxy) is 1. The number of pyridine rings is 1. The van der Waals surface area contributed by atoms with Gasteiger partial charge in [-0.2, -0.15) is 8.78 Å². The molecule has 0 spiro atoms. The van der Waals surface area contributed by atoms with Crippen molar-refractivity contribution < 1.29 is 41.6 Å². The van der Waals surface area contributed by atoms with Gasteiger partial charge >= 0.3 is 14.4 Å². The van der Waals surface area contributed by atoms with Gasteiger partial charge in [0, 0.05) is 34.5 Å². The molecule has 4 aromatic rings. The second-order valence-electron chi connectivity index (χ2n) is 10.1. The Hall–Kier alpha value is -3.77. The lowest BCUT2D eigenvalue weighted by Gasteiger charge is -2.24. The molecule has 2 aromatic heterocycles. The van der Waals surface area contributed by atoms with Crippen molar-refractivity contribution >= 4 is 24.8 Å². The quantitative estimate of drug-likeness (QED) is 0.275. The topological polar surface area (TPSA) is 136 Å². The maximum Gasteiger partial charge on any atom is 0.470 e. The Labute approximate surface area is 225 Å². The predicted molar refractivity (Wildman–Crippen MR) is 135 cm³/mol. The molecule has 2 aliphatic rings. The lowest BCUT2D eigenvalue weighted by atomic mass is 9.97. The lowest BCUT2D eigenvalue weighted by Crippen LogP contribution is -2.28. The molecule has 0 unspecified atom stereocenters. The van der Waals surface area contributed by atoms with Gasteiger partial charge in [0.2, 0.25) is 0 Å². The Bertz CT molecular complexity index is 1720. The van der Waals surface area contributed by atoms with Crippen LogP contribution < -0.4 is 10.1 Å². The summed E-state index contributed by atoms with van der Waals surface area (Å²) in [6, 6.07) is 9.13. The van der Waals surface area contributed by atoms with Crippen LogP contribution in [0.1, 0.15) is 59.8 Å². The molecule has 2 atom stereocenters. The summed E-state index contributed by atoms with van der Waals surface area (Å²) < 4.78 is 64.6. The number of benzene rings is 2. The minimum absolute atomic E-state index is 0.120. The molecule has 2 aliphatic heterocycles. The fourth-order valence-corrected chi connectivity index (χ4v) is 6.20. The summed E-state index contributed by atoms with van der Waals surface area (Å²) in [6.07, 6.45) is 1.71. The Morgan fingerprint density at radius 3 is 2.62 bits per heavy atom. The number of carbonyl (C=O) groups is 1. The van der Waals surface area contributed by atoms with Gasteiger partial charge in [-0.05, 0) is 44.5 Å². The number of alkyl halides is 2. The highest BCUT2D eigenvalue weighted by atomic mass is 31.2. The summed E-state index contributed by atoms with van der Waals surface area (Å²) >= 11 is 0. The molecule has 0 saturated heterocycles. The van der Waals surface area contributed by atoms with E-state index in [1.54, 1.807) is 22.8 Å². The fraction of sp³-hybridized carbons (Fsp3) is 0.269. The van der Waals surface area contributed by atoms with Crippen molar-refractivity contribution in [2.45, 2.75) is 44.6 Å². The zero-order chi connectivity index (χ0) is 28.6. The van der Waals surface area contributed by atoms with E-state index in [1.165, 1.54) is 44.3 Å². The molecule has 6 rings (SSSR count). The van der Waals surface area contributed by atoms with E-state index in [1.807, 2.05) is 0 Å². The number of fused-ring (bicyclic) bond motifs is 9. The maximum atomic E-state index is 15.3. The van der Waals surface area contributed by atoms with Crippen molar-refractivity contribution in [1.29, 1.82) is 0 Å². The Morgan fingerprint density at radius 2 is 1.95 bits per heavy atom. The number of phosphoric ester groups is 1. The highest BCUT2D eigenvalue weighted by Crippen LogP contribution is 2.48. The zero-order valence-corrected chi connectivity index (χ0v) is 21.9. The largest absolute Gasteiger partial charge is 0.470 e. The van der Waals surface area contributed by atoms with Crippen LogP contribution in [0.3, 0.4) is 0 Å². The average molecular weight is 574 g/mol. The fourth-order valence-electron chi connectivity index (χ4n) is 5.51. The van der Waals surface area contributed by atoms with Crippen LogP contribution >= 0.6 is 7.82 Å². The molecule has 2 bridgehead atoms. The van der Waals surface area contributed by atoms with Gasteiger partial charge in [0.05, 0.1) is 28.8 Å². The number of aromatic nitrogens is 3. The maximum absolute atomic E-state index is 15.3. The van der Waals surface area contributed by atoms with Gasteiger partial charge in [0.25, 0.3) is 5.91 Å². The first-order chi connectivity index (χ1) is 18.8. The Morgan fingerprint density at radius 1 is 1.18 bits per heavy atom. The number of carbonyl (C=O) groups excluding carboxylic acids is 1. The molecule has 0 aliphatic carbocycles. The van der Waals surface area contributed by atoms with Crippen LogP contribution in [0, 0.1) is 5.82 Å². The second kappa shape index (κ2) is 9.13. The molecule has 0 radical (unpaired) electrons. The molecule has 40 heavy (non-hydrogen) atoms. The van der Waals surface area contributed by atoms with E-state index in [0.717, 1.165) is 0 Å². The van der Waals surface area contributed by atoms with Crippen LogP contribution in [0.5, 0.6) is 5.75 Å². The van der Waals surface area contributed by atoms with Gasteiger partial charge in [-0.15, -0.1) is 0 Å². The van der Waals surface area contributed by atoms with Crippen molar-refractivity contribution in [3.05, 3.63) is 77.1 Å². The third kappa shape index (κ3) is 4.44. The van der Waals surface area contributed by atoms with Gasteiger partial charge in [0.1, 0.15) is 23.0 Å². The summed E-state index contributed by atoms with van der Waals surface area (Å²) in [6.45, 7) is -0.207. The number of rotatable bonds is 6. The molecular weight excluding hydrogens is 552 g/mol. The number of hydrogen-bond acceptors (Lipinski definition) is 6. The summed E-state index contributed by atoms with van der Waals surface area (Å²) in [7, 11) is -4.80. The first-order valence-electron chi connectivity index (χ1n) is 12.2. The van der Waals surface area contributed by atoms with E-state index >= 15 is 4.39 Å². The molecule has 208 valence electrons. The molecule has 14 heteroatoms. The first kappa shape index (κ1) is 26.5. The minimum Gasteiger partial charge on any atom is -0.434 e. The van der Waals surface area contributed by atoms with E-state index in [-0.39, 0.29) is 22.6 Å². The number of halogens is 3. The molecular formula is C26H22F3N4O6P. The summed E-state index contributed by atoms with van der Waals surface area (Å²) in [5.74, 6) is -0.694. The van der Waals surface area contributed by atoms with Crippen molar-refractivity contribution in [3.63, 3.8) is 0 Å². The van der Waals surface area contributed by atoms with Gasteiger partial charge < -0.3 is 24.4 Å². The Balaban J connectivity index is 1.46. The molecule has 0 fully saturated rings. The van der Waals surface area contributed by atoms with Gasteiger partial charge in [-0.3, -0.25) is 14.3 Å². The van der Waals surface area contributed by atoms with Gasteiger partial charge in [-0.25, -0.2) is 13.9 Å². The smallest absolute Gasteiger partial charge is 0.434 e. The normalized spacial score (nSPS) is 18.4. The third-order valence-corrected chi connectivity index (χ3v) is 7.79. The van der Waals surface area contributed by atoms with Crippen LogP contribution in [0.25, 0.3) is 22.2 Å². The lowest BCUT2D eigenvalue weighted by molar-refractivity contribution is -0.0507. The average Bonchev–Trinajstić information content (AvgIpc) is 3.33. The van der Waals surface area contributed by atoms with Crippen molar-refractivity contribution in [1.82, 2.24) is 19.9 Å². The molecule has 2 aromatic carbocycles. The van der Waals surface area contributed by atoms with Gasteiger partial charge in [-0.1, -0.05) is 12.1 Å². The zero-order valence-electron chi connectivity index (χ0n) is 21.0. The summed E-state index contributed by atoms with van der Waals surface area (Å²) in [4.78, 5) is 40.1. The van der Waals surface area contributed by atoms with Crippen molar-refractivity contribution in [2.75, 3.05) is 0 Å². The summed E-state index contributed by atoms with van der Waals surface area (Å²) in [5, 5.41) is 2.88. The standard InChI is InChI=1S/C26H22F3N4O6P/c1-26(2,39-40(35,36)37)21-7-6-12(11-30-21)14-8-18-16(9-15(14)27)31-23-17-10-19(33(18)23)22-13(24(34)32-17)4-3-5-20(22)38-25(28)29/h3-9,11,17,19,25H,10H2,1-2H3,(H,32,34)(H2,35,36,37)/t17-,19-/m1/s1. The molecule has 4 heterocycles. The highest BCUT2D eigenvalue weighted by Gasteiger charge is 2.42. The number of imidazole rings is 1. The predicted octanol–water partition coefficient (Wildman–Crippen LogP) is 4.96. The van der Waals surface area contributed by atoms with Crippen LogP contribution in [0.15, 0.2) is 48.7 Å². The third-order valence-electron chi connectivity index (χ3n) is 7.09. The number of amides is 1. The Kier molecular flexibility index (Phi) is 6.04. The van der Waals surface area contributed by atoms with E-state index < -0.39 is 43.8 Å². The number of phosphoric acid groups is 1. The van der Waals surface area contributed by atoms with E-state index in [4.69, 9.17) is 9.26 Å². The van der Waals surface area contributed by atoms with E-state index in [9.17, 15) is 27.9 Å². The second-order valence-corrected chi connectivity index (χ2v) is 11.2. The SMILES string of the molecule is CC(C)(OP(=O)(O)O)c1ccc(-c2cc3c(cc2F)nc2n3[C@@H]3C[C@H]2NC(=O)c2cccc(OC(F)F)c23)cn1. The molecule has 1 amide bonds. The van der Waals surface area contributed by atoms with E-state index in [2.05, 4.69) is 15.3 Å². The molecule has 3 N–H and O–H groups in total. The summed E-state index contributed by atoms with van der Waals surface area (Å²) in [5.41, 5.74) is 0.681. The highest BCUT2D eigenvalue weighted by molar-refractivity contribution is 7.46. The van der Waals surface area contributed by atoms with E-state index in [0.29, 0.717) is 34.4 Å². The number of hydrogen-bond donors (Lipinski definition) is 3. The van der Waals surface area contributed by atoms with Crippen LogP contribution in [0.2, 0.25) is 0 Å². The first-order valence-corrected chi connectivity index (χ1v) is 13.7. The number of nitrogens with zero attached hydrogens (tertiary/aromatic N) is 3. The van der Waals surface area contributed by atoms with Crippen LogP contribution in [0.4, 0.5) is 13.2 Å². The van der Waals surface area contributed by atoms with Crippen molar-refractivity contribution in [2.24, 2.45) is 0 Å². The number of nitrogens with one attached hydrogen (secondary N) is 1. The van der Waals surface area contributed by atoms with Crippen LogP contribution in [-0.2, 0) is 14.7 Å². The van der Waals surface area contributed by atoms with Crippen LogP contribution in [-0.4, -0.2) is 36.8 Å². The van der Waals surface area contributed by atoms with Crippen molar-refractivity contribution in [3.8, 4) is 16.9 Å². The molecule has 0 saturated carbocycles. The van der Waals surface area contributed by atoms with Gasteiger partial charge in [0.15, 0.2) is 0 Å². The minimum atomic E-state index is -4.80.